The molecule has 102 valence electrons. The van der Waals surface area contributed by atoms with Gasteiger partial charge in [0.15, 0.2) is 11.9 Å². The Labute approximate surface area is 107 Å². The Balaban J connectivity index is 2.25. The highest BCUT2D eigenvalue weighted by atomic mass is 16.5. The third-order valence-corrected chi connectivity index (χ3v) is 2.28. The van der Waals surface area contributed by atoms with E-state index in [-0.39, 0.29) is 12.4 Å². The van der Waals surface area contributed by atoms with Crippen LogP contribution in [-0.2, 0) is 9.47 Å². The quantitative estimate of drug-likeness (QED) is 0.382. The summed E-state index contributed by atoms with van der Waals surface area (Å²) in [6, 6.07) is 0.327. The van der Waals surface area contributed by atoms with E-state index in [0.29, 0.717) is 18.3 Å². The van der Waals surface area contributed by atoms with Crippen LogP contribution >= 0.6 is 0 Å². The van der Waals surface area contributed by atoms with Crippen molar-refractivity contribution in [1.29, 1.82) is 5.41 Å². The van der Waals surface area contributed by atoms with Gasteiger partial charge in [0.25, 0.3) is 0 Å². The average Bonchev–Trinajstić information content (AvgIpc) is 2.34. The van der Waals surface area contributed by atoms with Gasteiger partial charge in [0.2, 0.25) is 0 Å². The number of nitrogens with two attached hydrogens (primary N) is 1. The maximum absolute atomic E-state index is 9.64. The standard InChI is InChI=1S/C12H21N3O3/c1-8(2)15-5-9(16)6-17-10-3-4-11(12(13)14)18-7-10/h3-4,7-9,11,15-16H,5-6H2,1-2H3,(H3,13,14). The second-order valence-corrected chi connectivity index (χ2v) is 4.42. The number of hydrogen-bond donors (Lipinski definition) is 4. The molecule has 2 atom stereocenters. The summed E-state index contributed by atoms with van der Waals surface area (Å²) in [5, 5.41) is 19.9. The van der Waals surface area contributed by atoms with Gasteiger partial charge in [-0.25, -0.2) is 0 Å². The van der Waals surface area contributed by atoms with Crippen LogP contribution in [0.5, 0.6) is 0 Å². The SMILES string of the molecule is CC(C)NCC(O)COC1=COC(C(=N)N)C=C1. The number of aliphatic hydroxyl groups is 1. The molecule has 0 aliphatic carbocycles. The van der Waals surface area contributed by atoms with E-state index in [2.05, 4.69) is 5.32 Å². The highest BCUT2D eigenvalue weighted by Gasteiger charge is 2.13. The molecule has 1 aliphatic heterocycles. The van der Waals surface area contributed by atoms with Crippen LogP contribution in [0.1, 0.15) is 13.8 Å². The van der Waals surface area contributed by atoms with Crippen LogP contribution in [0.2, 0.25) is 0 Å². The third-order valence-electron chi connectivity index (χ3n) is 2.28. The van der Waals surface area contributed by atoms with Crippen molar-refractivity contribution in [2.75, 3.05) is 13.2 Å². The number of rotatable bonds is 7. The van der Waals surface area contributed by atoms with E-state index >= 15 is 0 Å². The molecule has 0 amide bonds. The highest BCUT2D eigenvalue weighted by molar-refractivity contribution is 5.83. The Morgan fingerprint density at radius 2 is 2.39 bits per heavy atom. The van der Waals surface area contributed by atoms with Crippen molar-refractivity contribution in [3.05, 3.63) is 24.2 Å². The summed E-state index contributed by atoms with van der Waals surface area (Å²) in [6.45, 7) is 4.68. The molecular formula is C12H21N3O3. The van der Waals surface area contributed by atoms with Gasteiger partial charge in [0, 0.05) is 12.6 Å². The minimum Gasteiger partial charge on any atom is -0.488 e. The van der Waals surface area contributed by atoms with Gasteiger partial charge < -0.3 is 25.6 Å². The fourth-order valence-corrected chi connectivity index (χ4v) is 1.29. The largest absolute Gasteiger partial charge is 0.488 e. The van der Waals surface area contributed by atoms with Gasteiger partial charge >= 0.3 is 0 Å². The lowest BCUT2D eigenvalue weighted by Gasteiger charge is -2.19. The summed E-state index contributed by atoms with van der Waals surface area (Å²) in [7, 11) is 0. The molecule has 0 bridgehead atoms. The molecule has 0 aromatic rings. The van der Waals surface area contributed by atoms with E-state index in [9.17, 15) is 5.11 Å². The highest BCUT2D eigenvalue weighted by Crippen LogP contribution is 2.10. The number of amidine groups is 1. The van der Waals surface area contributed by atoms with Crippen LogP contribution in [0.25, 0.3) is 0 Å². The van der Waals surface area contributed by atoms with Crippen LogP contribution in [0, 0.1) is 5.41 Å². The van der Waals surface area contributed by atoms with Crippen LogP contribution < -0.4 is 11.1 Å². The van der Waals surface area contributed by atoms with E-state index < -0.39 is 12.2 Å². The molecule has 1 aliphatic rings. The van der Waals surface area contributed by atoms with Gasteiger partial charge in [-0.1, -0.05) is 13.8 Å². The van der Waals surface area contributed by atoms with E-state index in [4.69, 9.17) is 20.6 Å². The summed E-state index contributed by atoms with van der Waals surface area (Å²) >= 11 is 0. The van der Waals surface area contributed by atoms with Gasteiger partial charge in [-0.05, 0) is 12.2 Å². The fraction of sp³-hybridized carbons (Fsp3) is 0.583. The molecule has 0 radical (unpaired) electrons. The van der Waals surface area contributed by atoms with Crippen molar-refractivity contribution in [2.45, 2.75) is 32.1 Å². The molecule has 0 saturated heterocycles. The Morgan fingerprint density at radius 1 is 1.67 bits per heavy atom. The van der Waals surface area contributed by atoms with Crippen LogP contribution in [-0.4, -0.2) is 42.3 Å². The first-order chi connectivity index (χ1) is 8.49. The zero-order chi connectivity index (χ0) is 13.5. The van der Waals surface area contributed by atoms with Crippen LogP contribution in [0.15, 0.2) is 24.2 Å². The first-order valence-electron chi connectivity index (χ1n) is 5.91. The lowest BCUT2D eigenvalue weighted by atomic mass is 10.2. The Kier molecular flexibility index (Phi) is 5.67. The molecule has 6 heteroatoms. The molecule has 0 fully saturated rings. The van der Waals surface area contributed by atoms with Gasteiger partial charge in [-0.15, -0.1) is 0 Å². The van der Waals surface area contributed by atoms with E-state index in [0.717, 1.165) is 0 Å². The molecule has 0 spiro atoms. The van der Waals surface area contributed by atoms with Crippen molar-refractivity contribution in [3.8, 4) is 0 Å². The monoisotopic (exact) mass is 255 g/mol. The van der Waals surface area contributed by atoms with E-state index in [1.165, 1.54) is 6.26 Å². The molecule has 1 heterocycles. The lowest BCUT2D eigenvalue weighted by Crippen LogP contribution is -2.34. The topological polar surface area (TPSA) is 101 Å². The minimum absolute atomic E-state index is 0.0530. The lowest BCUT2D eigenvalue weighted by molar-refractivity contribution is 0.0673. The Morgan fingerprint density at radius 3 is 2.89 bits per heavy atom. The summed E-state index contributed by atoms with van der Waals surface area (Å²) in [4.78, 5) is 0. The van der Waals surface area contributed by atoms with Crippen molar-refractivity contribution < 1.29 is 14.6 Å². The summed E-state index contributed by atoms with van der Waals surface area (Å²) < 4.78 is 10.5. The Hall–Kier alpha value is -1.53. The summed E-state index contributed by atoms with van der Waals surface area (Å²) in [5.41, 5.74) is 5.29. The second kappa shape index (κ2) is 7.03. The van der Waals surface area contributed by atoms with Crippen LogP contribution in [0.3, 0.4) is 0 Å². The first-order valence-corrected chi connectivity index (χ1v) is 5.91. The Bertz CT molecular complexity index is 339. The van der Waals surface area contributed by atoms with Crippen molar-refractivity contribution >= 4 is 5.84 Å². The predicted octanol–water partition coefficient (Wildman–Crippen LogP) is 0.0943. The second-order valence-electron chi connectivity index (χ2n) is 4.42. The normalized spacial score (nSPS) is 20.2. The number of ether oxygens (including phenoxy) is 2. The van der Waals surface area contributed by atoms with Crippen molar-refractivity contribution in [1.82, 2.24) is 5.32 Å². The smallest absolute Gasteiger partial charge is 0.173 e. The zero-order valence-corrected chi connectivity index (χ0v) is 10.7. The maximum Gasteiger partial charge on any atom is 0.173 e. The first kappa shape index (κ1) is 14.5. The summed E-state index contributed by atoms with van der Waals surface area (Å²) in [6.07, 6.45) is 3.61. The molecule has 18 heavy (non-hydrogen) atoms. The van der Waals surface area contributed by atoms with Crippen LogP contribution in [0.4, 0.5) is 0 Å². The molecule has 0 aromatic heterocycles. The van der Waals surface area contributed by atoms with Crippen molar-refractivity contribution in [3.63, 3.8) is 0 Å². The number of hydrogen-bond acceptors (Lipinski definition) is 5. The minimum atomic E-state index is -0.577. The number of aliphatic hydroxyl groups excluding tert-OH is 1. The zero-order valence-electron chi connectivity index (χ0n) is 10.7. The van der Waals surface area contributed by atoms with Gasteiger partial charge in [0.05, 0.1) is 0 Å². The van der Waals surface area contributed by atoms with Gasteiger partial charge in [-0.2, -0.15) is 0 Å². The van der Waals surface area contributed by atoms with Gasteiger partial charge in [-0.3, -0.25) is 5.41 Å². The predicted molar refractivity (Wildman–Crippen MR) is 69.1 cm³/mol. The molecular weight excluding hydrogens is 234 g/mol. The third kappa shape index (κ3) is 5.20. The van der Waals surface area contributed by atoms with Crippen molar-refractivity contribution in [2.24, 2.45) is 5.73 Å². The van der Waals surface area contributed by atoms with E-state index in [1.54, 1.807) is 12.2 Å². The molecule has 6 nitrogen and oxygen atoms in total. The molecule has 2 unspecified atom stereocenters. The number of allylic oxidation sites excluding steroid dienone is 1. The molecule has 5 N–H and O–H groups in total. The molecule has 0 aromatic carbocycles. The number of nitrogens with one attached hydrogen (secondary N) is 2. The maximum atomic E-state index is 9.64. The average molecular weight is 255 g/mol. The summed E-state index contributed by atoms with van der Waals surface area (Å²) in [5.74, 6) is 0.457. The molecule has 1 rings (SSSR count). The molecule has 0 saturated carbocycles. The van der Waals surface area contributed by atoms with E-state index in [1.807, 2.05) is 13.8 Å². The van der Waals surface area contributed by atoms with Gasteiger partial charge in [0.1, 0.15) is 24.8 Å². The fourth-order valence-electron chi connectivity index (χ4n) is 1.29.